The molecule has 0 bridgehead atoms. The van der Waals surface area contributed by atoms with Crippen LogP contribution in [-0.2, 0) is 4.79 Å². The summed E-state index contributed by atoms with van der Waals surface area (Å²) in [4.78, 5) is 25.3. The van der Waals surface area contributed by atoms with Gasteiger partial charge in [0, 0.05) is 12.5 Å². The van der Waals surface area contributed by atoms with Crippen LogP contribution in [0.5, 0.6) is 0 Å². The van der Waals surface area contributed by atoms with Crippen LogP contribution in [0, 0.1) is 6.92 Å². The van der Waals surface area contributed by atoms with E-state index in [4.69, 9.17) is 0 Å². The first-order chi connectivity index (χ1) is 8.61. The molecule has 1 heterocycles. The van der Waals surface area contributed by atoms with Gasteiger partial charge in [0.1, 0.15) is 0 Å². The average molecular weight is 246 g/mol. The van der Waals surface area contributed by atoms with Gasteiger partial charge >= 0.3 is 6.03 Å². The smallest absolute Gasteiger partial charge is 0.328 e. The van der Waals surface area contributed by atoms with Gasteiger partial charge in [0.05, 0.1) is 5.69 Å². The minimum atomic E-state index is -0.310. The minimum absolute atomic E-state index is 0.0175. The molecule has 0 aliphatic carbocycles. The molecule has 0 aromatic heterocycles. The molecule has 1 aromatic rings. The number of amides is 3. The highest BCUT2D eigenvalue weighted by molar-refractivity contribution is 6.16. The lowest BCUT2D eigenvalue weighted by Gasteiger charge is -2.31. The summed E-state index contributed by atoms with van der Waals surface area (Å²) in [6, 6.07) is 7.09. The molecule has 3 amide bonds. The maximum Gasteiger partial charge on any atom is 0.328 e. The molecule has 1 aliphatic rings. The summed E-state index contributed by atoms with van der Waals surface area (Å²) in [6.07, 6.45) is 2.19. The van der Waals surface area contributed by atoms with Gasteiger partial charge in [-0.25, -0.2) is 9.69 Å². The van der Waals surface area contributed by atoms with E-state index in [1.807, 2.05) is 32.0 Å². The van der Waals surface area contributed by atoms with Gasteiger partial charge in [0.15, 0.2) is 0 Å². The number of rotatable bonds is 3. The molecule has 0 radical (unpaired) electrons. The average Bonchev–Trinajstić information content (AvgIpc) is 2.28. The zero-order valence-corrected chi connectivity index (χ0v) is 10.8. The molecule has 1 fully saturated rings. The van der Waals surface area contributed by atoms with Crippen molar-refractivity contribution in [3.63, 3.8) is 0 Å². The fraction of sp³-hybridized carbons (Fsp3) is 0.429. The Morgan fingerprint density at radius 1 is 1.39 bits per heavy atom. The molecule has 96 valence electrons. The van der Waals surface area contributed by atoms with Gasteiger partial charge in [-0.15, -0.1) is 0 Å². The standard InChI is InChI=1S/C14H18N2O2/c1-3-5-11-9-13(17)16(14(18)15-11)12-7-4-6-10(2)8-12/h4,6-8,11H,3,5,9H2,1-2H3,(H,15,18). The van der Waals surface area contributed by atoms with E-state index < -0.39 is 0 Å². The highest BCUT2D eigenvalue weighted by atomic mass is 16.2. The van der Waals surface area contributed by atoms with E-state index >= 15 is 0 Å². The lowest BCUT2D eigenvalue weighted by molar-refractivity contribution is -0.119. The van der Waals surface area contributed by atoms with Crippen molar-refractivity contribution >= 4 is 17.6 Å². The van der Waals surface area contributed by atoms with Gasteiger partial charge in [-0.1, -0.05) is 25.5 Å². The van der Waals surface area contributed by atoms with Crippen LogP contribution >= 0.6 is 0 Å². The molecule has 1 N–H and O–H groups in total. The second-order valence-electron chi connectivity index (χ2n) is 4.71. The van der Waals surface area contributed by atoms with E-state index in [1.54, 1.807) is 6.07 Å². The highest BCUT2D eigenvalue weighted by Crippen LogP contribution is 2.21. The van der Waals surface area contributed by atoms with Crippen LogP contribution in [0.4, 0.5) is 10.5 Å². The van der Waals surface area contributed by atoms with Crippen LogP contribution < -0.4 is 10.2 Å². The quantitative estimate of drug-likeness (QED) is 0.891. The van der Waals surface area contributed by atoms with Crippen LogP contribution in [0.3, 0.4) is 0 Å². The number of nitrogens with zero attached hydrogens (tertiary/aromatic N) is 1. The Morgan fingerprint density at radius 2 is 2.17 bits per heavy atom. The Balaban J connectivity index is 2.20. The summed E-state index contributed by atoms with van der Waals surface area (Å²) in [6.45, 7) is 3.99. The third-order valence-corrected chi connectivity index (χ3v) is 3.10. The molecule has 1 aliphatic heterocycles. The van der Waals surface area contributed by atoms with Crippen LogP contribution in [0.15, 0.2) is 24.3 Å². The van der Waals surface area contributed by atoms with Crippen molar-refractivity contribution in [1.29, 1.82) is 0 Å². The van der Waals surface area contributed by atoms with E-state index in [9.17, 15) is 9.59 Å². The Morgan fingerprint density at radius 3 is 2.78 bits per heavy atom. The summed E-state index contributed by atoms with van der Waals surface area (Å²) >= 11 is 0. The highest BCUT2D eigenvalue weighted by Gasteiger charge is 2.32. The molecule has 1 unspecified atom stereocenters. The molecule has 18 heavy (non-hydrogen) atoms. The topological polar surface area (TPSA) is 49.4 Å². The first-order valence-electron chi connectivity index (χ1n) is 6.32. The minimum Gasteiger partial charge on any atom is -0.334 e. The SMILES string of the molecule is CCCC1CC(=O)N(c2cccc(C)c2)C(=O)N1. The lowest BCUT2D eigenvalue weighted by Crippen LogP contribution is -2.54. The number of anilines is 1. The van der Waals surface area contributed by atoms with Gasteiger partial charge in [0.25, 0.3) is 0 Å². The number of hydrogen-bond acceptors (Lipinski definition) is 2. The molecule has 4 heteroatoms. The predicted molar refractivity (Wildman–Crippen MR) is 70.5 cm³/mol. The van der Waals surface area contributed by atoms with Crippen LogP contribution in [-0.4, -0.2) is 18.0 Å². The Kier molecular flexibility index (Phi) is 3.65. The summed E-state index contributed by atoms with van der Waals surface area (Å²) in [5.41, 5.74) is 1.68. The Hall–Kier alpha value is -1.84. The molecule has 0 spiro atoms. The van der Waals surface area contributed by atoms with Crippen molar-refractivity contribution in [2.75, 3.05) is 4.90 Å². The maximum atomic E-state index is 12.1. The first-order valence-corrected chi connectivity index (χ1v) is 6.32. The van der Waals surface area contributed by atoms with Crippen molar-refractivity contribution < 1.29 is 9.59 Å². The van der Waals surface area contributed by atoms with Gasteiger partial charge in [-0.05, 0) is 31.0 Å². The third-order valence-electron chi connectivity index (χ3n) is 3.10. The van der Waals surface area contributed by atoms with Crippen molar-refractivity contribution in [1.82, 2.24) is 5.32 Å². The van der Waals surface area contributed by atoms with Crippen LogP contribution in [0.1, 0.15) is 31.7 Å². The number of aryl methyl sites for hydroxylation is 1. The third kappa shape index (κ3) is 2.53. The number of carbonyl (C=O) groups excluding carboxylic acids is 2. The van der Waals surface area contributed by atoms with Crippen LogP contribution in [0.25, 0.3) is 0 Å². The van der Waals surface area contributed by atoms with Gasteiger partial charge in [-0.2, -0.15) is 0 Å². The number of carbonyl (C=O) groups is 2. The van der Waals surface area contributed by atoms with E-state index in [0.29, 0.717) is 12.1 Å². The van der Waals surface area contributed by atoms with E-state index in [-0.39, 0.29) is 18.0 Å². The zero-order valence-electron chi connectivity index (χ0n) is 10.8. The summed E-state index contributed by atoms with van der Waals surface area (Å²) in [7, 11) is 0. The first kappa shape index (κ1) is 12.6. The van der Waals surface area contributed by atoms with Gasteiger partial charge in [0.2, 0.25) is 5.91 Å². The number of imide groups is 1. The second-order valence-corrected chi connectivity index (χ2v) is 4.71. The van der Waals surface area contributed by atoms with Crippen molar-refractivity contribution in [2.24, 2.45) is 0 Å². The van der Waals surface area contributed by atoms with Crippen molar-refractivity contribution in [2.45, 2.75) is 39.2 Å². The van der Waals surface area contributed by atoms with Gasteiger partial charge in [-0.3, -0.25) is 4.79 Å². The number of nitrogens with one attached hydrogen (secondary N) is 1. The normalized spacial score (nSPS) is 19.9. The van der Waals surface area contributed by atoms with E-state index in [2.05, 4.69) is 5.32 Å². The molecular weight excluding hydrogens is 228 g/mol. The molecule has 1 saturated heterocycles. The number of hydrogen-bond donors (Lipinski definition) is 1. The largest absolute Gasteiger partial charge is 0.334 e. The lowest BCUT2D eigenvalue weighted by atomic mass is 10.1. The monoisotopic (exact) mass is 246 g/mol. The maximum absolute atomic E-state index is 12.1. The zero-order chi connectivity index (χ0) is 13.1. The van der Waals surface area contributed by atoms with E-state index in [0.717, 1.165) is 18.4 Å². The molecular formula is C14H18N2O2. The fourth-order valence-corrected chi connectivity index (χ4v) is 2.26. The number of benzene rings is 1. The summed E-state index contributed by atoms with van der Waals surface area (Å²) < 4.78 is 0. The Labute approximate surface area is 107 Å². The molecule has 1 aromatic carbocycles. The predicted octanol–water partition coefficient (Wildman–Crippen LogP) is 2.61. The fourth-order valence-electron chi connectivity index (χ4n) is 2.26. The van der Waals surface area contributed by atoms with Crippen molar-refractivity contribution in [3.8, 4) is 0 Å². The molecule has 1 atom stereocenters. The van der Waals surface area contributed by atoms with E-state index in [1.165, 1.54) is 4.90 Å². The van der Waals surface area contributed by atoms with Crippen molar-refractivity contribution in [3.05, 3.63) is 29.8 Å². The van der Waals surface area contributed by atoms with Crippen LogP contribution in [0.2, 0.25) is 0 Å². The molecule has 2 rings (SSSR count). The Bertz CT molecular complexity index is 453. The molecule has 4 nitrogen and oxygen atoms in total. The molecule has 0 saturated carbocycles. The van der Waals surface area contributed by atoms with Gasteiger partial charge < -0.3 is 5.32 Å². The summed E-state index contributed by atoms with van der Waals surface area (Å²) in [5.74, 6) is -0.122. The summed E-state index contributed by atoms with van der Waals surface area (Å²) in [5, 5.41) is 2.88. The second kappa shape index (κ2) is 5.21. The number of urea groups is 1.